The third kappa shape index (κ3) is 4.81. The van der Waals surface area contributed by atoms with Gasteiger partial charge in [0, 0.05) is 39.4 Å². The van der Waals surface area contributed by atoms with E-state index < -0.39 is 0 Å². The van der Waals surface area contributed by atoms with E-state index in [2.05, 4.69) is 16.6 Å². The molecular weight excluding hydrogens is 388 g/mol. The van der Waals surface area contributed by atoms with Crippen LogP contribution < -0.4 is 14.9 Å². The Labute approximate surface area is 173 Å². The summed E-state index contributed by atoms with van der Waals surface area (Å²) in [5.41, 5.74) is 4.73. The van der Waals surface area contributed by atoms with Crippen LogP contribution in [0.25, 0.3) is 10.1 Å². The van der Waals surface area contributed by atoms with Gasteiger partial charge in [-0.3, -0.25) is 9.59 Å². The van der Waals surface area contributed by atoms with E-state index in [0.29, 0.717) is 17.1 Å². The molecule has 0 radical (unpaired) electrons. The van der Waals surface area contributed by atoms with Gasteiger partial charge in [-0.15, -0.1) is 11.3 Å². The van der Waals surface area contributed by atoms with Crippen LogP contribution in [0.5, 0.6) is 11.5 Å². The zero-order chi connectivity index (χ0) is 20.8. The Hall–Kier alpha value is -3.19. The quantitative estimate of drug-likeness (QED) is 0.339. The lowest BCUT2D eigenvalue weighted by molar-refractivity contribution is -0.121. The monoisotopic (exact) mass is 410 g/mol. The van der Waals surface area contributed by atoms with Crippen LogP contribution in [-0.2, 0) is 4.79 Å². The van der Waals surface area contributed by atoms with E-state index in [1.807, 2.05) is 30.5 Å². The maximum atomic E-state index is 12.4. The van der Waals surface area contributed by atoms with Gasteiger partial charge in [-0.05, 0) is 31.2 Å². The number of hydrazone groups is 1. The molecule has 0 spiro atoms. The maximum Gasteiger partial charge on any atom is 0.240 e. The summed E-state index contributed by atoms with van der Waals surface area (Å²) in [6.07, 6.45) is 0.131. The first kappa shape index (κ1) is 20.5. The number of hydrogen-bond donors (Lipinski definition) is 1. The lowest BCUT2D eigenvalue weighted by atomic mass is 10.1. The Morgan fingerprint density at radius 2 is 1.79 bits per heavy atom. The van der Waals surface area contributed by atoms with E-state index in [-0.39, 0.29) is 24.5 Å². The van der Waals surface area contributed by atoms with E-state index in [1.165, 1.54) is 18.9 Å². The molecule has 0 saturated carbocycles. The summed E-state index contributed by atoms with van der Waals surface area (Å²) in [4.78, 5) is 24.5. The third-order valence-corrected chi connectivity index (χ3v) is 5.47. The number of nitrogens with one attached hydrogen (secondary N) is 1. The fourth-order valence-corrected chi connectivity index (χ4v) is 3.91. The fraction of sp³-hybridized carbons (Fsp3) is 0.227. The van der Waals surface area contributed by atoms with Crippen molar-refractivity contribution in [2.24, 2.45) is 5.10 Å². The SMILES string of the molecule is COc1ccc(C(=O)CCC(=O)N/N=C(\C)c2csc3ccccc23)cc1OC. The van der Waals surface area contributed by atoms with Gasteiger partial charge in [0.15, 0.2) is 17.3 Å². The van der Waals surface area contributed by atoms with Gasteiger partial charge < -0.3 is 9.47 Å². The minimum absolute atomic E-state index is 0.0499. The fourth-order valence-electron chi connectivity index (χ4n) is 2.90. The molecule has 0 unspecified atom stereocenters. The predicted octanol–water partition coefficient (Wildman–Crippen LogP) is 4.42. The van der Waals surface area contributed by atoms with Gasteiger partial charge in [-0.25, -0.2) is 5.43 Å². The summed E-state index contributed by atoms with van der Waals surface area (Å²) in [6.45, 7) is 1.85. The smallest absolute Gasteiger partial charge is 0.240 e. The van der Waals surface area contributed by atoms with Gasteiger partial charge in [0.05, 0.1) is 19.9 Å². The molecule has 3 rings (SSSR count). The van der Waals surface area contributed by atoms with Crippen molar-refractivity contribution in [2.45, 2.75) is 19.8 Å². The average Bonchev–Trinajstić information content (AvgIpc) is 3.19. The number of thiophene rings is 1. The second-order valence-corrected chi connectivity index (χ2v) is 7.28. The average molecular weight is 410 g/mol. The number of carbonyl (C=O) groups excluding carboxylic acids is 2. The standard InChI is InChI=1S/C22H22N2O4S/c1-14(17-13-29-21-7-5-4-6-16(17)21)23-24-22(26)11-9-18(25)15-8-10-19(27-2)20(12-15)28-3/h4-8,10,12-13H,9,11H2,1-3H3,(H,24,26)/b23-14+. The van der Waals surface area contributed by atoms with Crippen LogP contribution in [0, 0.1) is 0 Å². The zero-order valence-corrected chi connectivity index (χ0v) is 17.3. The molecule has 6 nitrogen and oxygen atoms in total. The van der Waals surface area contributed by atoms with Crippen molar-refractivity contribution in [3.05, 3.63) is 59.0 Å². The van der Waals surface area contributed by atoms with Crippen LogP contribution in [0.3, 0.4) is 0 Å². The largest absolute Gasteiger partial charge is 0.493 e. The van der Waals surface area contributed by atoms with Crippen LogP contribution in [0.1, 0.15) is 35.7 Å². The molecule has 0 aliphatic carbocycles. The number of ether oxygens (including phenoxy) is 2. The summed E-state index contributed by atoms with van der Waals surface area (Å²) < 4.78 is 11.5. The molecule has 0 fully saturated rings. The van der Waals surface area contributed by atoms with E-state index in [1.54, 1.807) is 29.5 Å². The van der Waals surface area contributed by atoms with Crippen molar-refractivity contribution < 1.29 is 19.1 Å². The molecule has 29 heavy (non-hydrogen) atoms. The number of fused-ring (bicyclic) bond motifs is 1. The molecule has 0 aliphatic rings. The van der Waals surface area contributed by atoms with Crippen LogP contribution in [0.2, 0.25) is 0 Å². The van der Waals surface area contributed by atoms with Gasteiger partial charge in [0.1, 0.15) is 0 Å². The molecule has 1 aromatic heterocycles. The van der Waals surface area contributed by atoms with Crippen molar-refractivity contribution in [2.75, 3.05) is 14.2 Å². The highest BCUT2D eigenvalue weighted by Crippen LogP contribution is 2.28. The van der Waals surface area contributed by atoms with Crippen LogP contribution in [0.15, 0.2) is 52.9 Å². The van der Waals surface area contributed by atoms with Gasteiger partial charge in [-0.1, -0.05) is 18.2 Å². The summed E-state index contributed by atoms with van der Waals surface area (Å²) >= 11 is 1.64. The lowest BCUT2D eigenvalue weighted by Crippen LogP contribution is -2.20. The number of benzene rings is 2. The number of ketones is 1. The minimum atomic E-state index is -0.308. The second kappa shape index (κ2) is 9.34. The number of carbonyl (C=O) groups is 2. The van der Waals surface area contributed by atoms with E-state index >= 15 is 0 Å². The Kier molecular flexibility index (Phi) is 6.61. The Morgan fingerprint density at radius 1 is 1.03 bits per heavy atom. The van der Waals surface area contributed by atoms with Crippen molar-refractivity contribution in [1.29, 1.82) is 0 Å². The summed E-state index contributed by atoms with van der Waals surface area (Å²) in [7, 11) is 3.04. The molecule has 0 bridgehead atoms. The van der Waals surface area contributed by atoms with E-state index in [9.17, 15) is 9.59 Å². The molecule has 2 aromatic carbocycles. The van der Waals surface area contributed by atoms with Gasteiger partial charge in [0.2, 0.25) is 5.91 Å². The summed E-state index contributed by atoms with van der Waals surface area (Å²) in [5, 5.41) is 7.33. The zero-order valence-electron chi connectivity index (χ0n) is 16.5. The van der Waals surface area contributed by atoms with Gasteiger partial charge in [-0.2, -0.15) is 5.10 Å². The number of hydrogen-bond acceptors (Lipinski definition) is 6. The third-order valence-electron chi connectivity index (χ3n) is 4.50. The number of rotatable bonds is 8. The molecule has 0 aliphatic heterocycles. The number of Topliss-reactive ketones (excluding diaryl/α,β-unsaturated/α-hetero) is 1. The van der Waals surface area contributed by atoms with Crippen molar-refractivity contribution in [1.82, 2.24) is 5.43 Å². The minimum Gasteiger partial charge on any atom is -0.493 e. The highest BCUT2D eigenvalue weighted by molar-refractivity contribution is 7.17. The molecule has 1 heterocycles. The van der Waals surface area contributed by atoms with Crippen LogP contribution in [-0.4, -0.2) is 31.6 Å². The van der Waals surface area contributed by atoms with E-state index in [4.69, 9.17) is 9.47 Å². The van der Waals surface area contributed by atoms with Gasteiger partial charge in [0.25, 0.3) is 0 Å². The highest BCUT2D eigenvalue weighted by atomic mass is 32.1. The van der Waals surface area contributed by atoms with Crippen LogP contribution >= 0.6 is 11.3 Å². The first-order valence-electron chi connectivity index (χ1n) is 9.08. The van der Waals surface area contributed by atoms with Crippen molar-refractivity contribution >= 4 is 38.8 Å². The van der Waals surface area contributed by atoms with Crippen molar-refractivity contribution in [3.63, 3.8) is 0 Å². The molecule has 0 saturated heterocycles. The molecule has 1 amide bonds. The normalized spacial score (nSPS) is 11.3. The molecule has 150 valence electrons. The Morgan fingerprint density at radius 3 is 2.55 bits per heavy atom. The van der Waals surface area contributed by atoms with E-state index in [0.717, 1.165) is 16.7 Å². The number of amides is 1. The number of methoxy groups -OCH3 is 2. The highest BCUT2D eigenvalue weighted by Gasteiger charge is 2.13. The molecule has 1 N–H and O–H groups in total. The first-order chi connectivity index (χ1) is 14.0. The Balaban J connectivity index is 1.58. The molecule has 0 atom stereocenters. The second-order valence-electron chi connectivity index (χ2n) is 6.37. The summed E-state index contributed by atoms with van der Waals surface area (Å²) in [5.74, 6) is 0.571. The Bertz CT molecular complexity index is 1070. The first-order valence-corrected chi connectivity index (χ1v) is 9.96. The maximum absolute atomic E-state index is 12.4. The van der Waals surface area contributed by atoms with Gasteiger partial charge >= 0.3 is 0 Å². The topological polar surface area (TPSA) is 77.0 Å². The van der Waals surface area contributed by atoms with Crippen molar-refractivity contribution in [3.8, 4) is 11.5 Å². The summed E-state index contributed by atoms with van der Waals surface area (Å²) in [6, 6.07) is 13.0. The lowest BCUT2D eigenvalue weighted by Gasteiger charge is -2.09. The molecule has 3 aromatic rings. The molecule has 7 heteroatoms. The van der Waals surface area contributed by atoms with Crippen LogP contribution in [0.4, 0.5) is 0 Å². The predicted molar refractivity (Wildman–Crippen MR) is 115 cm³/mol. The molecular formula is C22H22N2O4S. The number of nitrogens with zero attached hydrogens (tertiary/aromatic N) is 1.